The van der Waals surface area contributed by atoms with E-state index in [9.17, 15) is 9.59 Å². The third-order valence-corrected chi connectivity index (χ3v) is 6.96. The molecule has 3 atom stereocenters. The molecule has 0 aromatic heterocycles. The molecule has 1 aromatic rings. The number of carbonyl (C=O) groups is 3. The zero-order valence-corrected chi connectivity index (χ0v) is 19.4. The number of carbonyl (C=O) groups excluding carboxylic acids is 2. The van der Waals surface area contributed by atoms with Gasteiger partial charge in [0, 0.05) is 45.6 Å². The van der Waals surface area contributed by atoms with E-state index in [2.05, 4.69) is 34.9 Å². The molecule has 4 rings (SSSR count). The molecule has 3 saturated heterocycles. The Labute approximate surface area is 190 Å². The summed E-state index contributed by atoms with van der Waals surface area (Å²) in [4.78, 5) is 42.3. The first-order chi connectivity index (χ1) is 15.4. The zero-order chi connectivity index (χ0) is 23.3. The molecule has 1 aromatic carbocycles. The highest BCUT2D eigenvalue weighted by Gasteiger charge is 2.50. The van der Waals surface area contributed by atoms with E-state index in [1.807, 2.05) is 25.1 Å². The van der Waals surface area contributed by atoms with E-state index in [1.54, 1.807) is 4.90 Å². The predicted octanol–water partition coefficient (Wildman–Crippen LogP) is 2.29. The van der Waals surface area contributed by atoms with Gasteiger partial charge in [0.2, 0.25) is 5.91 Å². The van der Waals surface area contributed by atoms with Crippen molar-refractivity contribution in [2.24, 2.45) is 11.8 Å². The van der Waals surface area contributed by atoms with Gasteiger partial charge in [-0.05, 0) is 44.0 Å². The number of likely N-dealkylation sites (tertiary alicyclic amines) is 3. The van der Waals surface area contributed by atoms with Gasteiger partial charge in [0.15, 0.2) is 0 Å². The minimum atomic E-state index is -0.250. The van der Waals surface area contributed by atoms with Gasteiger partial charge in [-0.2, -0.15) is 0 Å². The lowest BCUT2D eigenvalue weighted by Gasteiger charge is -2.33. The van der Waals surface area contributed by atoms with Crippen LogP contribution in [0.3, 0.4) is 0 Å². The molecule has 3 aliphatic heterocycles. The largest absolute Gasteiger partial charge is 0.483 e. The Morgan fingerprint density at radius 1 is 1.09 bits per heavy atom. The van der Waals surface area contributed by atoms with Crippen LogP contribution in [0.15, 0.2) is 24.3 Å². The van der Waals surface area contributed by atoms with Crippen LogP contribution < -0.4 is 0 Å². The van der Waals surface area contributed by atoms with E-state index in [4.69, 9.17) is 9.90 Å². The fourth-order valence-electron chi connectivity index (χ4n) is 5.43. The molecule has 8 heteroatoms. The summed E-state index contributed by atoms with van der Waals surface area (Å²) in [5, 5.41) is 6.89. The topological polar surface area (TPSA) is 84.4 Å². The Bertz CT molecular complexity index is 809. The summed E-state index contributed by atoms with van der Waals surface area (Å²) in [5.74, 6) is 0.925. The molecule has 3 aliphatic rings. The molecule has 3 heterocycles. The monoisotopic (exact) mass is 444 g/mol. The van der Waals surface area contributed by atoms with Gasteiger partial charge in [-0.1, -0.05) is 30.7 Å². The second-order valence-corrected chi connectivity index (χ2v) is 9.30. The molecule has 0 saturated carbocycles. The first kappa shape index (κ1) is 24.0. The summed E-state index contributed by atoms with van der Waals surface area (Å²) in [5.41, 5.74) is 2.44. The van der Waals surface area contributed by atoms with E-state index in [0.29, 0.717) is 18.4 Å². The Balaban J connectivity index is 0.000000913. The molecule has 0 spiro atoms. The van der Waals surface area contributed by atoms with Crippen LogP contribution in [0.25, 0.3) is 0 Å². The van der Waals surface area contributed by atoms with E-state index < -0.39 is 0 Å². The number of carboxylic acid groups (broad SMARTS) is 1. The summed E-state index contributed by atoms with van der Waals surface area (Å²) in [6.45, 7) is 6.77. The summed E-state index contributed by atoms with van der Waals surface area (Å²) in [7, 11) is 3.64. The maximum atomic E-state index is 13.0. The lowest BCUT2D eigenvalue weighted by Crippen LogP contribution is -2.44. The Morgan fingerprint density at radius 3 is 2.38 bits per heavy atom. The van der Waals surface area contributed by atoms with Crippen molar-refractivity contribution in [3.63, 3.8) is 0 Å². The Hall–Kier alpha value is -2.61. The van der Waals surface area contributed by atoms with Crippen LogP contribution in [0.2, 0.25) is 0 Å². The minimum absolute atomic E-state index is 0.0453. The molecule has 32 heavy (non-hydrogen) atoms. The van der Waals surface area contributed by atoms with Gasteiger partial charge in [-0.15, -0.1) is 0 Å². The van der Waals surface area contributed by atoms with Crippen LogP contribution in [0.5, 0.6) is 0 Å². The maximum absolute atomic E-state index is 13.0. The Morgan fingerprint density at radius 2 is 1.75 bits per heavy atom. The fraction of sp³-hybridized carbons (Fsp3) is 0.625. The second-order valence-electron chi connectivity index (χ2n) is 9.30. The van der Waals surface area contributed by atoms with Gasteiger partial charge in [0.1, 0.15) is 0 Å². The van der Waals surface area contributed by atoms with E-state index in [1.165, 1.54) is 30.4 Å². The number of benzene rings is 1. The first-order valence-corrected chi connectivity index (χ1v) is 11.5. The lowest BCUT2D eigenvalue weighted by atomic mass is 9.88. The van der Waals surface area contributed by atoms with Crippen molar-refractivity contribution in [1.82, 2.24) is 19.6 Å². The number of piperidine rings is 1. The van der Waals surface area contributed by atoms with Crippen molar-refractivity contribution in [2.45, 2.75) is 32.2 Å². The highest BCUT2D eigenvalue weighted by atomic mass is 16.3. The SMILES string of the molecule is Cc1ccccc1[C@H]1[C@@H]2CN(C(=O)CN3CCCCC3)C[C@@H]2CN1C(=O)N(C)C.O=CO. The fourth-order valence-corrected chi connectivity index (χ4v) is 5.43. The number of aryl methyl sites for hydroxylation is 1. The summed E-state index contributed by atoms with van der Waals surface area (Å²) in [6, 6.07) is 8.49. The van der Waals surface area contributed by atoms with Crippen molar-refractivity contribution in [3.8, 4) is 0 Å². The molecule has 0 aliphatic carbocycles. The van der Waals surface area contributed by atoms with E-state index >= 15 is 0 Å². The molecule has 3 amide bonds. The predicted molar refractivity (Wildman–Crippen MR) is 122 cm³/mol. The first-order valence-electron chi connectivity index (χ1n) is 11.5. The van der Waals surface area contributed by atoms with Gasteiger partial charge in [-0.25, -0.2) is 4.79 Å². The van der Waals surface area contributed by atoms with Crippen LogP contribution in [0.4, 0.5) is 4.79 Å². The van der Waals surface area contributed by atoms with Crippen molar-refractivity contribution >= 4 is 18.4 Å². The molecule has 176 valence electrons. The average molecular weight is 445 g/mol. The number of nitrogens with zero attached hydrogens (tertiary/aromatic N) is 4. The van der Waals surface area contributed by atoms with Crippen molar-refractivity contribution in [2.75, 3.05) is 53.4 Å². The molecule has 8 nitrogen and oxygen atoms in total. The quantitative estimate of drug-likeness (QED) is 0.723. The standard InChI is InChI=1S/C23H34N4O2.CH2O2/c1-17-9-5-6-10-19(17)22-20-15-26(21(28)16-25-11-7-4-8-12-25)13-18(20)14-27(22)23(29)24(2)3;2-1-3/h5-6,9-10,18,20,22H,4,7-8,11-16H2,1-3H3;1H,(H,2,3)/t18-,20-,22+;/m1./s1. The van der Waals surface area contributed by atoms with Crippen molar-refractivity contribution < 1.29 is 19.5 Å². The van der Waals surface area contributed by atoms with Gasteiger partial charge in [0.25, 0.3) is 6.47 Å². The normalized spacial score (nSPS) is 25.0. The van der Waals surface area contributed by atoms with Crippen molar-refractivity contribution in [3.05, 3.63) is 35.4 Å². The number of fused-ring (bicyclic) bond motifs is 1. The smallest absolute Gasteiger partial charge is 0.320 e. The number of hydrogen-bond acceptors (Lipinski definition) is 4. The van der Waals surface area contributed by atoms with Gasteiger partial charge >= 0.3 is 6.03 Å². The Kier molecular flexibility index (Phi) is 8.12. The maximum Gasteiger partial charge on any atom is 0.320 e. The third-order valence-electron chi connectivity index (χ3n) is 6.96. The molecular formula is C24H36N4O4. The zero-order valence-electron chi connectivity index (χ0n) is 19.4. The van der Waals surface area contributed by atoms with Crippen LogP contribution in [0, 0.1) is 18.8 Å². The van der Waals surface area contributed by atoms with Crippen LogP contribution in [0.1, 0.15) is 36.4 Å². The summed E-state index contributed by atoms with van der Waals surface area (Å²) < 4.78 is 0. The molecule has 1 N–H and O–H groups in total. The van der Waals surface area contributed by atoms with Crippen molar-refractivity contribution in [1.29, 1.82) is 0 Å². The molecule has 0 radical (unpaired) electrons. The number of urea groups is 1. The van der Waals surface area contributed by atoms with Crippen LogP contribution in [-0.4, -0.2) is 96.5 Å². The van der Waals surface area contributed by atoms with Crippen LogP contribution >= 0.6 is 0 Å². The number of amides is 3. The van der Waals surface area contributed by atoms with E-state index in [-0.39, 0.29) is 24.5 Å². The number of rotatable bonds is 3. The van der Waals surface area contributed by atoms with Gasteiger partial charge in [0.05, 0.1) is 12.6 Å². The summed E-state index contributed by atoms with van der Waals surface area (Å²) in [6.07, 6.45) is 3.69. The molecular weight excluding hydrogens is 408 g/mol. The van der Waals surface area contributed by atoms with Crippen LogP contribution in [-0.2, 0) is 9.59 Å². The third kappa shape index (κ3) is 5.23. The molecule has 0 bridgehead atoms. The highest BCUT2D eigenvalue weighted by molar-refractivity contribution is 5.79. The summed E-state index contributed by atoms with van der Waals surface area (Å²) >= 11 is 0. The number of hydrogen-bond donors (Lipinski definition) is 1. The average Bonchev–Trinajstić information content (AvgIpc) is 3.33. The highest BCUT2D eigenvalue weighted by Crippen LogP contribution is 2.46. The van der Waals surface area contributed by atoms with Gasteiger partial charge in [-0.3, -0.25) is 14.5 Å². The second kappa shape index (κ2) is 10.8. The lowest BCUT2D eigenvalue weighted by molar-refractivity contribution is -0.132. The molecule has 3 fully saturated rings. The van der Waals surface area contributed by atoms with E-state index in [0.717, 1.165) is 32.7 Å². The minimum Gasteiger partial charge on any atom is -0.483 e. The van der Waals surface area contributed by atoms with Gasteiger partial charge < -0.3 is 19.8 Å². The molecule has 0 unspecified atom stereocenters.